The molecule has 0 heterocycles. The van der Waals surface area contributed by atoms with Crippen LogP contribution in [0.3, 0.4) is 0 Å². The molecular formula is C16H16N2O3. The van der Waals surface area contributed by atoms with Gasteiger partial charge in [0, 0.05) is 18.3 Å². The van der Waals surface area contributed by atoms with Crippen LogP contribution in [-0.2, 0) is 11.2 Å². The lowest BCUT2D eigenvalue weighted by atomic mass is 10.1. The van der Waals surface area contributed by atoms with Crippen molar-refractivity contribution in [3.63, 3.8) is 0 Å². The molecule has 2 aromatic carbocycles. The molecule has 0 aliphatic rings. The molecule has 0 saturated heterocycles. The Kier molecular flexibility index (Phi) is 5.34. The first-order chi connectivity index (χ1) is 10.3. The minimum atomic E-state index is -0.519. The second kappa shape index (κ2) is 7.69. The Morgan fingerprint density at radius 2 is 1.90 bits per heavy atom. The Bertz CT molecular complexity index is 599. The molecule has 21 heavy (non-hydrogen) atoms. The van der Waals surface area contributed by atoms with Crippen molar-refractivity contribution in [3.8, 4) is 5.75 Å². The largest absolute Gasteiger partial charge is 0.412 e. The quantitative estimate of drug-likeness (QED) is 0.801. The van der Waals surface area contributed by atoms with E-state index in [2.05, 4.69) is 10.6 Å². The van der Waals surface area contributed by atoms with E-state index >= 15 is 0 Å². The average molecular weight is 284 g/mol. The summed E-state index contributed by atoms with van der Waals surface area (Å²) >= 11 is 0. The maximum atomic E-state index is 11.6. The summed E-state index contributed by atoms with van der Waals surface area (Å²) < 4.78 is 5.13. The highest BCUT2D eigenvalue weighted by molar-refractivity contribution is 5.74. The molecule has 0 radical (unpaired) electrons. The van der Waals surface area contributed by atoms with Crippen LogP contribution in [0.4, 0.5) is 10.5 Å². The van der Waals surface area contributed by atoms with Crippen molar-refractivity contribution in [1.82, 2.24) is 5.32 Å². The molecule has 2 rings (SSSR count). The zero-order valence-corrected chi connectivity index (χ0v) is 11.4. The highest BCUT2D eigenvalue weighted by Gasteiger charge is 2.04. The monoisotopic (exact) mass is 284 g/mol. The van der Waals surface area contributed by atoms with Crippen molar-refractivity contribution < 1.29 is 14.3 Å². The van der Waals surface area contributed by atoms with Gasteiger partial charge < -0.3 is 15.4 Å². The van der Waals surface area contributed by atoms with E-state index in [9.17, 15) is 9.59 Å². The van der Waals surface area contributed by atoms with Gasteiger partial charge >= 0.3 is 6.09 Å². The van der Waals surface area contributed by atoms with Crippen LogP contribution >= 0.6 is 0 Å². The molecule has 0 unspecified atom stereocenters. The fourth-order valence-corrected chi connectivity index (χ4v) is 1.81. The molecule has 0 aliphatic heterocycles. The first-order valence-corrected chi connectivity index (χ1v) is 6.58. The van der Waals surface area contributed by atoms with Gasteiger partial charge in [-0.3, -0.25) is 4.79 Å². The summed E-state index contributed by atoms with van der Waals surface area (Å²) in [6.45, 7) is 0.495. The van der Waals surface area contributed by atoms with Gasteiger partial charge in [-0.1, -0.05) is 36.4 Å². The number of rotatable bonds is 6. The Labute approximate surface area is 122 Å². The molecule has 2 amide bonds. The minimum absolute atomic E-state index is 0.374. The van der Waals surface area contributed by atoms with E-state index in [0.717, 1.165) is 12.0 Å². The van der Waals surface area contributed by atoms with E-state index in [1.54, 1.807) is 24.3 Å². The van der Waals surface area contributed by atoms with Crippen LogP contribution in [0.1, 0.15) is 5.56 Å². The van der Waals surface area contributed by atoms with Gasteiger partial charge in [0.1, 0.15) is 5.75 Å². The maximum Gasteiger partial charge on any atom is 0.412 e. The summed E-state index contributed by atoms with van der Waals surface area (Å²) in [5.41, 5.74) is 1.72. The highest BCUT2D eigenvalue weighted by atomic mass is 16.6. The number of ether oxygens (including phenoxy) is 1. The third-order valence-corrected chi connectivity index (χ3v) is 2.80. The Hall–Kier alpha value is -2.82. The Morgan fingerprint density at radius 1 is 1.10 bits per heavy atom. The zero-order valence-electron chi connectivity index (χ0n) is 11.4. The number of carbonyl (C=O) groups excluding carboxylic acids is 2. The van der Waals surface area contributed by atoms with Crippen LogP contribution in [-0.4, -0.2) is 19.0 Å². The third-order valence-electron chi connectivity index (χ3n) is 2.80. The van der Waals surface area contributed by atoms with Gasteiger partial charge in [-0.25, -0.2) is 4.79 Å². The van der Waals surface area contributed by atoms with E-state index < -0.39 is 6.09 Å². The second-order valence-corrected chi connectivity index (χ2v) is 4.34. The molecule has 108 valence electrons. The summed E-state index contributed by atoms with van der Waals surface area (Å²) in [5, 5.41) is 5.17. The fourth-order valence-electron chi connectivity index (χ4n) is 1.81. The molecule has 0 fully saturated rings. The number of anilines is 1. The maximum absolute atomic E-state index is 11.6. The van der Waals surface area contributed by atoms with Crippen LogP contribution < -0.4 is 15.4 Å². The van der Waals surface area contributed by atoms with Gasteiger partial charge in [-0.15, -0.1) is 0 Å². The first kappa shape index (κ1) is 14.6. The summed E-state index contributed by atoms with van der Waals surface area (Å²) in [5.74, 6) is 0.374. The lowest BCUT2D eigenvalue weighted by Crippen LogP contribution is -2.28. The molecule has 0 bridgehead atoms. The number of benzene rings is 2. The molecular weight excluding hydrogens is 268 g/mol. The highest BCUT2D eigenvalue weighted by Crippen LogP contribution is 2.16. The van der Waals surface area contributed by atoms with Crippen LogP contribution in [0.5, 0.6) is 5.75 Å². The van der Waals surface area contributed by atoms with Crippen molar-refractivity contribution in [2.45, 2.75) is 6.42 Å². The summed E-state index contributed by atoms with van der Waals surface area (Å²) in [6.07, 6.45) is 0.788. The van der Waals surface area contributed by atoms with E-state index in [0.29, 0.717) is 24.4 Å². The fraction of sp³-hybridized carbons (Fsp3) is 0.125. The van der Waals surface area contributed by atoms with E-state index in [-0.39, 0.29) is 0 Å². The van der Waals surface area contributed by atoms with Crippen LogP contribution in [0.2, 0.25) is 0 Å². The SMILES string of the molecule is O=CNc1cccc(OC(=O)NCCc2ccccc2)c1. The normalized spacial score (nSPS) is 9.71. The van der Waals surface area contributed by atoms with Crippen molar-refractivity contribution >= 4 is 18.2 Å². The molecule has 2 aromatic rings. The van der Waals surface area contributed by atoms with E-state index in [1.165, 1.54) is 0 Å². The second-order valence-electron chi connectivity index (χ2n) is 4.34. The lowest BCUT2D eigenvalue weighted by Gasteiger charge is -2.07. The summed E-state index contributed by atoms with van der Waals surface area (Å²) in [6, 6.07) is 16.5. The standard InChI is InChI=1S/C16H16N2O3/c19-12-18-14-7-4-8-15(11-14)21-16(20)17-10-9-13-5-2-1-3-6-13/h1-8,11-12H,9-10H2,(H,17,20)(H,18,19). The Morgan fingerprint density at radius 3 is 2.67 bits per heavy atom. The van der Waals surface area contributed by atoms with Gasteiger partial charge in [0.15, 0.2) is 0 Å². The number of amides is 2. The van der Waals surface area contributed by atoms with Crippen LogP contribution in [0.15, 0.2) is 54.6 Å². The van der Waals surface area contributed by atoms with Gasteiger partial charge in [-0.2, -0.15) is 0 Å². The van der Waals surface area contributed by atoms with Gasteiger partial charge in [0.25, 0.3) is 0 Å². The number of carbonyl (C=O) groups is 2. The zero-order chi connectivity index (χ0) is 14.9. The molecule has 0 atom stereocenters. The van der Waals surface area contributed by atoms with Crippen molar-refractivity contribution in [2.24, 2.45) is 0 Å². The minimum Gasteiger partial charge on any atom is -0.410 e. The van der Waals surface area contributed by atoms with E-state index in [1.807, 2.05) is 30.3 Å². The number of nitrogens with one attached hydrogen (secondary N) is 2. The summed E-state index contributed by atoms with van der Waals surface area (Å²) in [4.78, 5) is 22.0. The van der Waals surface area contributed by atoms with Gasteiger partial charge in [0.05, 0.1) is 0 Å². The van der Waals surface area contributed by atoms with Gasteiger partial charge in [-0.05, 0) is 24.1 Å². The molecule has 0 aromatic heterocycles. The third kappa shape index (κ3) is 4.99. The van der Waals surface area contributed by atoms with Crippen molar-refractivity contribution in [3.05, 3.63) is 60.2 Å². The smallest absolute Gasteiger partial charge is 0.410 e. The van der Waals surface area contributed by atoms with Crippen molar-refractivity contribution in [2.75, 3.05) is 11.9 Å². The predicted molar refractivity (Wildman–Crippen MR) is 80.3 cm³/mol. The molecule has 0 aliphatic carbocycles. The van der Waals surface area contributed by atoms with Crippen LogP contribution in [0, 0.1) is 0 Å². The number of hydrogen-bond acceptors (Lipinski definition) is 3. The van der Waals surface area contributed by atoms with Gasteiger partial charge in [0.2, 0.25) is 6.41 Å². The molecule has 0 saturated carbocycles. The molecule has 0 spiro atoms. The molecule has 5 nitrogen and oxygen atoms in total. The lowest BCUT2D eigenvalue weighted by molar-refractivity contribution is -0.105. The predicted octanol–water partition coefficient (Wildman–Crippen LogP) is 2.59. The first-order valence-electron chi connectivity index (χ1n) is 6.58. The average Bonchev–Trinajstić information content (AvgIpc) is 2.49. The Balaban J connectivity index is 1.79. The number of hydrogen-bond donors (Lipinski definition) is 2. The summed E-state index contributed by atoms with van der Waals surface area (Å²) in [7, 11) is 0. The van der Waals surface area contributed by atoms with Crippen LogP contribution in [0.25, 0.3) is 0 Å². The van der Waals surface area contributed by atoms with E-state index in [4.69, 9.17) is 4.74 Å². The molecule has 2 N–H and O–H groups in total. The topological polar surface area (TPSA) is 67.4 Å². The molecule has 5 heteroatoms. The van der Waals surface area contributed by atoms with Crippen molar-refractivity contribution in [1.29, 1.82) is 0 Å².